The second kappa shape index (κ2) is 6.02. The van der Waals surface area contributed by atoms with Crippen LogP contribution in [-0.4, -0.2) is 23.5 Å². The fourth-order valence-corrected chi connectivity index (χ4v) is 2.52. The second-order valence-electron chi connectivity index (χ2n) is 4.52. The first-order valence-electron chi connectivity index (χ1n) is 6.35. The van der Waals surface area contributed by atoms with Crippen LogP contribution in [0, 0.1) is 0 Å². The maximum Gasteiger partial charge on any atom is 0.254 e. The number of hydrogen-bond donors (Lipinski definition) is 0. The van der Waals surface area contributed by atoms with Gasteiger partial charge < -0.3 is 17.0 Å². The maximum absolute atomic E-state index is 2.37. The molecule has 0 saturated carbocycles. The Morgan fingerprint density at radius 1 is 0.895 bits per heavy atom. The molecule has 0 aromatic heterocycles. The molecule has 19 heavy (non-hydrogen) atoms. The topological polar surface area (TPSA) is 6.25 Å². The van der Waals surface area contributed by atoms with Gasteiger partial charge in [0.1, 0.15) is 24.5 Å². The lowest BCUT2D eigenvalue weighted by Crippen LogP contribution is -3.00. The Bertz CT molecular complexity index is 564. The first-order chi connectivity index (χ1) is 8.86. The van der Waals surface area contributed by atoms with Crippen molar-refractivity contribution in [2.45, 2.75) is 6.92 Å². The summed E-state index contributed by atoms with van der Waals surface area (Å²) in [5.74, 6) is 1.30. The Morgan fingerprint density at radius 2 is 1.47 bits per heavy atom. The molecule has 2 aromatic rings. The predicted octanol–water partition coefficient (Wildman–Crippen LogP) is 0.273. The van der Waals surface area contributed by atoms with Crippen LogP contribution in [0.15, 0.2) is 60.7 Å². The Morgan fingerprint density at radius 3 is 2.11 bits per heavy atom. The van der Waals surface area contributed by atoms with E-state index in [1.54, 1.807) is 0 Å². The van der Waals surface area contributed by atoms with Crippen molar-refractivity contribution < 1.29 is 21.6 Å². The van der Waals surface area contributed by atoms with Crippen molar-refractivity contribution in [3.05, 3.63) is 60.7 Å². The summed E-state index contributed by atoms with van der Waals surface area (Å²) in [6.07, 6.45) is 0. The lowest BCUT2D eigenvalue weighted by molar-refractivity contribution is -0.429. The monoisotopic (exact) mass is 316 g/mol. The maximum atomic E-state index is 2.37. The summed E-state index contributed by atoms with van der Waals surface area (Å²) in [5, 5.41) is 0. The van der Waals surface area contributed by atoms with Crippen LogP contribution in [-0.2, 0) is 0 Å². The quantitative estimate of drug-likeness (QED) is 0.721. The molecule has 3 rings (SSSR count). The van der Waals surface area contributed by atoms with Crippen molar-refractivity contribution in [2.24, 2.45) is 0 Å². The van der Waals surface area contributed by atoms with Gasteiger partial charge in [0.2, 0.25) is 0 Å². The average Bonchev–Trinajstić information content (AvgIpc) is 2.83. The molecule has 3 heteroatoms. The van der Waals surface area contributed by atoms with Crippen molar-refractivity contribution in [3.63, 3.8) is 0 Å². The van der Waals surface area contributed by atoms with Crippen molar-refractivity contribution in [1.29, 1.82) is 0 Å². The Kier molecular flexibility index (Phi) is 4.38. The zero-order valence-electron chi connectivity index (χ0n) is 11.0. The number of halogens is 1. The van der Waals surface area contributed by atoms with Gasteiger partial charge in [0, 0.05) is 6.92 Å². The summed E-state index contributed by atoms with van der Waals surface area (Å²) < 4.78 is 2.37. The summed E-state index contributed by atoms with van der Waals surface area (Å²) >= 11 is 0. The van der Waals surface area contributed by atoms with Crippen LogP contribution in [0.5, 0.6) is 0 Å². The Hall–Kier alpha value is -1.61. The van der Waals surface area contributed by atoms with E-state index in [1.165, 1.54) is 17.2 Å². The standard InChI is InChI=1S/C16H17N2.BrH/c1-14-17(15-8-4-2-5-9-15)12-13-18(14)16-10-6-3-7-11-16;/h2-11H,12-13H2,1H3;1H/q+1;/p-1. The normalized spacial score (nSPS) is 14.5. The molecule has 1 aliphatic heterocycles. The van der Waals surface area contributed by atoms with Crippen LogP contribution in [0.2, 0.25) is 0 Å². The number of para-hydroxylation sites is 2. The molecular weight excluding hydrogens is 300 g/mol. The largest absolute Gasteiger partial charge is 1.00 e. The van der Waals surface area contributed by atoms with Crippen molar-refractivity contribution in [3.8, 4) is 0 Å². The van der Waals surface area contributed by atoms with Crippen LogP contribution < -0.4 is 21.9 Å². The van der Waals surface area contributed by atoms with Crippen LogP contribution in [0.3, 0.4) is 0 Å². The molecule has 0 amide bonds. The third kappa shape index (κ3) is 2.71. The molecule has 0 atom stereocenters. The number of nitrogens with zero attached hydrogens (tertiary/aromatic N) is 2. The minimum Gasteiger partial charge on any atom is -1.00 e. The van der Waals surface area contributed by atoms with Gasteiger partial charge in [-0.2, -0.15) is 0 Å². The molecule has 0 unspecified atom stereocenters. The van der Waals surface area contributed by atoms with Gasteiger partial charge in [-0.25, -0.2) is 9.48 Å². The minimum absolute atomic E-state index is 0. The highest BCUT2D eigenvalue weighted by atomic mass is 79.9. The van der Waals surface area contributed by atoms with E-state index in [1.807, 2.05) is 0 Å². The Balaban J connectivity index is 0.00000133. The molecular formula is C16H17BrN2. The summed E-state index contributed by atoms with van der Waals surface area (Å²) in [6, 6.07) is 21.1. The van der Waals surface area contributed by atoms with Crippen molar-refractivity contribution in [1.82, 2.24) is 0 Å². The van der Waals surface area contributed by atoms with E-state index in [-0.39, 0.29) is 17.0 Å². The number of anilines is 1. The van der Waals surface area contributed by atoms with Gasteiger partial charge in [0.25, 0.3) is 5.84 Å². The Labute approximate surface area is 124 Å². The van der Waals surface area contributed by atoms with Crippen molar-refractivity contribution >= 4 is 17.2 Å². The molecule has 0 bridgehead atoms. The van der Waals surface area contributed by atoms with Gasteiger partial charge in [0.05, 0.1) is 0 Å². The van der Waals surface area contributed by atoms with Crippen LogP contribution in [0.25, 0.3) is 0 Å². The highest BCUT2D eigenvalue weighted by Crippen LogP contribution is 2.21. The summed E-state index contributed by atoms with van der Waals surface area (Å²) in [6.45, 7) is 4.28. The van der Waals surface area contributed by atoms with Gasteiger partial charge in [-0.05, 0) is 24.3 Å². The molecule has 0 radical (unpaired) electrons. The lowest BCUT2D eigenvalue weighted by atomic mass is 10.3. The van der Waals surface area contributed by atoms with E-state index in [2.05, 4.69) is 77.1 Å². The van der Waals surface area contributed by atoms with Gasteiger partial charge in [-0.3, -0.25) is 0 Å². The molecule has 2 nitrogen and oxygen atoms in total. The van der Waals surface area contributed by atoms with Crippen molar-refractivity contribution in [2.75, 3.05) is 18.0 Å². The molecule has 1 heterocycles. The third-order valence-electron chi connectivity index (χ3n) is 3.46. The van der Waals surface area contributed by atoms with Gasteiger partial charge in [-0.15, -0.1) is 0 Å². The zero-order valence-corrected chi connectivity index (χ0v) is 12.5. The van der Waals surface area contributed by atoms with Crippen LogP contribution in [0.4, 0.5) is 11.4 Å². The summed E-state index contributed by atoms with van der Waals surface area (Å²) in [7, 11) is 0. The molecule has 0 N–H and O–H groups in total. The molecule has 0 fully saturated rings. The molecule has 2 aromatic carbocycles. The molecule has 0 spiro atoms. The number of amidine groups is 1. The van der Waals surface area contributed by atoms with E-state index in [4.69, 9.17) is 0 Å². The molecule has 0 aliphatic carbocycles. The number of hydrogen-bond acceptors (Lipinski definition) is 1. The molecule has 1 aliphatic rings. The van der Waals surface area contributed by atoms with E-state index in [0.717, 1.165) is 13.1 Å². The smallest absolute Gasteiger partial charge is 0.254 e. The number of benzene rings is 2. The summed E-state index contributed by atoms with van der Waals surface area (Å²) in [4.78, 5) is 2.37. The van der Waals surface area contributed by atoms with E-state index in [9.17, 15) is 0 Å². The number of rotatable bonds is 2. The van der Waals surface area contributed by atoms with Crippen LogP contribution in [0.1, 0.15) is 6.92 Å². The zero-order chi connectivity index (χ0) is 12.4. The van der Waals surface area contributed by atoms with E-state index >= 15 is 0 Å². The molecule has 98 valence electrons. The van der Waals surface area contributed by atoms with Gasteiger partial charge in [-0.1, -0.05) is 36.4 Å². The minimum atomic E-state index is 0. The predicted molar refractivity (Wildman–Crippen MR) is 75.7 cm³/mol. The lowest BCUT2D eigenvalue weighted by Gasteiger charge is -2.09. The average molecular weight is 317 g/mol. The first kappa shape index (κ1) is 13.8. The third-order valence-corrected chi connectivity index (χ3v) is 3.46. The van der Waals surface area contributed by atoms with E-state index in [0.29, 0.717) is 0 Å². The highest BCUT2D eigenvalue weighted by Gasteiger charge is 2.28. The second-order valence-corrected chi connectivity index (χ2v) is 4.52. The molecule has 0 saturated heterocycles. The SMILES string of the molecule is CC1=[N+](c2ccccc2)CCN1c1ccccc1.[Br-]. The van der Waals surface area contributed by atoms with Gasteiger partial charge >= 0.3 is 0 Å². The fourth-order valence-electron chi connectivity index (χ4n) is 2.52. The fraction of sp³-hybridized carbons (Fsp3) is 0.188. The highest BCUT2D eigenvalue weighted by molar-refractivity contribution is 5.94. The van der Waals surface area contributed by atoms with E-state index < -0.39 is 0 Å². The van der Waals surface area contributed by atoms with Crippen LogP contribution >= 0.6 is 0 Å². The van der Waals surface area contributed by atoms with Gasteiger partial charge in [0.15, 0.2) is 0 Å². The summed E-state index contributed by atoms with van der Waals surface area (Å²) in [5.41, 5.74) is 2.54. The first-order valence-corrected chi connectivity index (χ1v) is 6.35.